The highest BCUT2D eigenvalue weighted by Crippen LogP contribution is 2.25. The van der Waals surface area contributed by atoms with Crippen LogP contribution in [-0.4, -0.2) is 18.4 Å². The van der Waals surface area contributed by atoms with Crippen LogP contribution in [0.3, 0.4) is 0 Å². The molecule has 0 fully saturated rings. The molecule has 0 saturated heterocycles. The molecule has 7 nitrogen and oxygen atoms in total. The predicted octanol–water partition coefficient (Wildman–Crippen LogP) is 1.10. The third-order valence-electron chi connectivity index (χ3n) is 2.28. The fourth-order valence-electron chi connectivity index (χ4n) is 1.34. The first-order valence-electron chi connectivity index (χ1n) is 5.04. The summed E-state index contributed by atoms with van der Waals surface area (Å²) in [5, 5.41) is 8.03. The third-order valence-corrected chi connectivity index (χ3v) is 3.51. The number of nitrogen functional groups attached to an aromatic ring is 1. The maximum Gasteiger partial charge on any atom is 0.238 e. The number of primary sulfonamides is 1. The van der Waals surface area contributed by atoms with Gasteiger partial charge in [0, 0.05) is 5.69 Å². The molecule has 0 amide bonds. The summed E-state index contributed by atoms with van der Waals surface area (Å²) in [7, 11) is -3.71. The Labute approximate surface area is 114 Å². The summed E-state index contributed by atoms with van der Waals surface area (Å²) < 4.78 is 22.2. The molecule has 0 unspecified atom stereocenters. The third kappa shape index (κ3) is 3.11. The van der Waals surface area contributed by atoms with Gasteiger partial charge in [0.1, 0.15) is 12.0 Å². The van der Waals surface area contributed by atoms with E-state index in [9.17, 15) is 8.42 Å². The number of hydrogen-bond acceptors (Lipinski definition) is 6. The molecule has 0 saturated carbocycles. The molecule has 1 aromatic carbocycles. The molecule has 0 radical (unpaired) electrons. The minimum absolute atomic E-state index is 0.0201. The van der Waals surface area contributed by atoms with Gasteiger partial charge in [-0.05, 0) is 24.3 Å². The van der Waals surface area contributed by atoms with E-state index in [0.29, 0.717) is 11.5 Å². The zero-order chi connectivity index (χ0) is 14.0. The minimum Gasteiger partial charge on any atom is -0.393 e. The first kappa shape index (κ1) is 13.5. The number of rotatable bonds is 3. The molecule has 0 atom stereocenters. The van der Waals surface area contributed by atoms with Crippen LogP contribution >= 0.6 is 11.6 Å². The smallest absolute Gasteiger partial charge is 0.238 e. The van der Waals surface area contributed by atoms with Gasteiger partial charge in [0.25, 0.3) is 0 Å². The maximum atomic E-state index is 11.1. The summed E-state index contributed by atoms with van der Waals surface area (Å²) in [4.78, 5) is 7.67. The number of aromatic nitrogens is 2. The van der Waals surface area contributed by atoms with Crippen molar-refractivity contribution < 1.29 is 8.42 Å². The van der Waals surface area contributed by atoms with Gasteiger partial charge in [0.15, 0.2) is 11.0 Å². The van der Waals surface area contributed by atoms with Crippen molar-refractivity contribution in [2.45, 2.75) is 4.90 Å². The Morgan fingerprint density at radius 3 is 2.37 bits per heavy atom. The highest BCUT2D eigenvalue weighted by Gasteiger charge is 2.09. The van der Waals surface area contributed by atoms with E-state index in [1.165, 1.54) is 30.6 Å². The molecule has 0 aliphatic heterocycles. The number of nitrogens with two attached hydrogens (primary N) is 2. The standard InChI is InChI=1S/C10H10ClN5O2S/c11-9-8(12)10(15-5-14-9)16-6-1-3-7(4-2-6)19(13,17)18/h1-5H,12H2,(H2,13,17,18)(H,14,15,16). The lowest BCUT2D eigenvalue weighted by atomic mass is 10.3. The van der Waals surface area contributed by atoms with Crippen molar-refractivity contribution in [2.24, 2.45) is 5.14 Å². The van der Waals surface area contributed by atoms with Gasteiger partial charge in [0.2, 0.25) is 10.0 Å². The molecule has 1 aromatic heterocycles. The first-order chi connectivity index (χ1) is 8.88. The molecule has 0 spiro atoms. The highest BCUT2D eigenvalue weighted by atomic mass is 35.5. The Balaban J connectivity index is 2.27. The largest absolute Gasteiger partial charge is 0.393 e. The molecule has 9 heteroatoms. The van der Waals surface area contributed by atoms with E-state index in [-0.39, 0.29) is 15.7 Å². The summed E-state index contributed by atoms with van der Waals surface area (Å²) in [5.74, 6) is 0.336. The SMILES string of the molecule is Nc1c(Cl)ncnc1Nc1ccc(S(N)(=O)=O)cc1. The topological polar surface area (TPSA) is 124 Å². The highest BCUT2D eigenvalue weighted by molar-refractivity contribution is 7.89. The zero-order valence-electron chi connectivity index (χ0n) is 9.54. The van der Waals surface area contributed by atoms with Crippen molar-refractivity contribution in [2.75, 3.05) is 11.1 Å². The van der Waals surface area contributed by atoms with Crippen LogP contribution in [0.25, 0.3) is 0 Å². The van der Waals surface area contributed by atoms with E-state index in [1.54, 1.807) is 0 Å². The second-order valence-electron chi connectivity index (χ2n) is 3.62. The molecule has 0 aliphatic rings. The van der Waals surface area contributed by atoms with Crippen LogP contribution < -0.4 is 16.2 Å². The molecule has 1 heterocycles. The second-order valence-corrected chi connectivity index (χ2v) is 5.54. The van der Waals surface area contributed by atoms with E-state index >= 15 is 0 Å². The molecule has 0 aliphatic carbocycles. The number of halogens is 1. The predicted molar refractivity (Wildman–Crippen MR) is 72.6 cm³/mol. The van der Waals surface area contributed by atoms with E-state index < -0.39 is 10.0 Å². The summed E-state index contributed by atoms with van der Waals surface area (Å²) >= 11 is 5.75. The van der Waals surface area contributed by atoms with E-state index in [2.05, 4.69) is 15.3 Å². The van der Waals surface area contributed by atoms with Crippen LogP contribution in [-0.2, 0) is 10.0 Å². The molecule has 0 bridgehead atoms. The minimum atomic E-state index is -3.71. The fourth-order valence-corrected chi connectivity index (χ4v) is 1.99. The van der Waals surface area contributed by atoms with Crippen LogP contribution in [0.2, 0.25) is 5.15 Å². The Kier molecular flexibility index (Phi) is 3.56. The number of nitrogens with zero attached hydrogens (tertiary/aromatic N) is 2. The van der Waals surface area contributed by atoms with Gasteiger partial charge < -0.3 is 11.1 Å². The van der Waals surface area contributed by atoms with Gasteiger partial charge in [0.05, 0.1) is 4.90 Å². The average Bonchev–Trinajstić information content (AvgIpc) is 2.35. The van der Waals surface area contributed by atoms with E-state index in [0.717, 1.165) is 0 Å². The van der Waals surface area contributed by atoms with Gasteiger partial charge in [-0.3, -0.25) is 0 Å². The van der Waals surface area contributed by atoms with Crippen molar-refractivity contribution in [1.29, 1.82) is 0 Å². The number of nitrogens with one attached hydrogen (secondary N) is 1. The number of sulfonamides is 1. The Morgan fingerprint density at radius 2 is 1.79 bits per heavy atom. The molecular formula is C10H10ClN5O2S. The molecule has 100 valence electrons. The summed E-state index contributed by atoms with van der Waals surface area (Å²) in [6.07, 6.45) is 1.26. The van der Waals surface area contributed by atoms with Crippen molar-refractivity contribution in [3.63, 3.8) is 0 Å². The molecule has 2 rings (SSSR count). The normalized spacial score (nSPS) is 11.3. The second kappa shape index (κ2) is 5.00. The van der Waals surface area contributed by atoms with Gasteiger partial charge in [-0.25, -0.2) is 23.5 Å². The van der Waals surface area contributed by atoms with Crippen molar-refractivity contribution in [1.82, 2.24) is 9.97 Å². The molecule has 19 heavy (non-hydrogen) atoms. The van der Waals surface area contributed by atoms with Gasteiger partial charge in [-0.2, -0.15) is 0 Å². The van der Waals surface area contributed by atoms with Gasteiger partial charge in [-0.15, -0.1) is 0 Å². The summed E-state index contributed by atoms with van der Waals surface area (Å²) in [5.41, 5.74) is 6.49. The van der Waals surface area contributed by atoms with Crippen LogP contribution in [0.15, 0.2) is 35.5 Å². The Morgan fingerprint density at radius 1 is 1.16 bits per heavy atom. The van der Waals surface area contributed by atoms with Crippen LogP contribution in [0.4, 0.5) is 17.2 Å². The number of anilines is 3. The lowest BCUT2D eigenvalue weighted by Crippen LogP contribution is -2.11. The van der Waals surface area contributed by atoms with Crippen molar-refractivity contribution in [3.05, 3.63) is 35.7 Å². The summed E-state index contributed by atoms with van der Waals surface area (Å²) in [6, 6.07) is 5.82. The van der Waals surface area contributed by atoms with E-state index in [1.807, 2.05) is 0 Å². The Hall–Kier alpha value is -1.90. The van der Waals surface area contributed by atoms with Gasteiger partial charge >= 0.3 is 0 Å². The molecular weight excluding hydrogens is 290 g/mol. The number of benzene rings is 1. The summed E-state index contributed by atoms with van der Waals surface area (Å²) in [6.45, 7) is 0. The number of hydrogen-bond donors (Lipinski definition) is 3. The van der Waals surface area contributed by atoms with Crippen LogP contribution in [0, 0.1) is 0 Å². The lowest BCUT2D eigenvalue weighted by Gasteiger charge is -2.08. The van der Waals surface area contributed by atoms with E-state index in [4.69, 9.17) is 22.5 Å². The van der Waals surface area contributed by atoms with Crippen molar-refractivity contribution in [3.8, 4) is 0 Å². The fraction of sp³-hybridized carbons (Fsp3) is 0. The molecule has 2 aromatic rings. The average molecular weight is 300 g/mol. The van der Waals surface area contributed by atoms with Gasteiger partial charge in [-0.1, -0.05) is 11.6 Å². The van der Waals surface area contributed by atoms with Crippen LogP contribution in [0.1, 0.15) is 0 Å². The quantitative estimate of drug-likeness (QED) is 0.729. The monoisotopic (exact) mass is 299 g/mol. The zero-order valence-corrected chi connectivity index (χ0v) is 11.1. The Bertz CT molecular complexity index is 702. The molecule has 5 N–H and O–H groups in total. The van der Waals surface area contributed by atoms with Crippen molar-refractivity contribution >= 4 is 38.8 Å². The lowest BCUT2D eigenvalue weighted by molar-refractivity contribution is 0.598. The first-order valence-corrected chi connectivity index (χ1v) is 6.96. The maximum absolute atomic E-state index is 11.1. The van der Waals surface area contributed by atoms with Crippen LogP contribution in [0.5, 0.6) is 0 Å².